The number of nitrogens with one attached hydrogen (secondary N) is 1. The van der Waals surface area contributed by atoms with Crippen LogP contribution < -0.4 is 16.0 Å². The van der Waals surface area contributed by atoms with Crippen LogP contribution in [-0.4, -0.2) is 67.4 Å². The highest BCUT2D eigenvalue weighted by Gasteiger charge is 2.24. The Morgan fingerprint density at radius 2 is 1.92 bits per heavy atom. The molecule has 4 N–H and O–H groups in total. The van der Waals surface area contributed by atoms with Gasteiger partial charge in [0.15, 0.2) is 0 Å². The first-order valence-electron chi connectivity index (χ1n) is 12.5. The Bertz CT molecular complexity index is 1260. The molecule has 1 aliphatic carbocycles. The Kier molecular flexibility index (Phi) is 8.21. The predicted molar refractivity (Wildman–Crippen MR) is 152 cm³/mol. The molecule has 1 heterocycles. The number of rotatable bonds is 7. The highest BCUT2D eigenvalue weighted by Crippen LogP contribution is 2.31. The standard InChI is InChI=1S/C29H35FN6O/c1-29(2,37)19-35-12-14-36(15-13-35)27-11-10-24(17-26(27)30)34-28-22(18-33-20-31)7-5-9-25(28)21-6-4-8-23(16-21)32-3/h4-11,16-18,20,32,37H,12-15,19H2,1-3H3,(H2,31,33)/b22-18-,34-28+. The highest BCUT2D eigenvalue weighted by atomic mass is 19.1. The smallest absolute Gasteiger partial charge is 0.148 e. The molecular weight excluding hydrogens is 467 g/mol. The molecule has 7 nitrogen and oxygen atoms in total. The number of anilines is 2. The van der Waals surface area contributed by atoms with Gasteiger partial charge in [0.2, 0.25) is 0 Å². The van der Waals surface area contributed by atoms with E-state index in [1.165, 1.54) is 12.4 Å². The number of aliphatic hydroxyl groups is 1. The van der Waals surface area contributed by atoms with Crippen LogP contribution in [0.1, 0.15) is 19.4 Å². The van der Waals surface area contributed by atoms with Crippen LogP contribution in [0.25, 0.3) is 5.57 Å². The molecule has 2 aromatic rings. The molecule has 0 bridgehead atoms. The SMILES string of the molecule is CNc1cccc(C2=CC=CC(=C/N=C/N)/C2=N\c2ccc(N3CCN(CC(C)(C)O)CC3)c(F)c2)c1. The summed E-state index contributed by atoms with van der Waals surface area (Å²) in [7, 11) is 1.88. The zero-order valence-corrected chi connectivity index (χ0v) is 21.7. The van der Waals surface area contributed by atoms with Gasteiger partial charge < -0.3 is 21.1 Å². The monoisotopic (exact) mass is 502 g/mol. The lowest BCUT2D eigenvalue weighted by molar-refractivity contribution is 0.0344. The number of piperazine rings is 1. The summed E-state index contributed by atoms with van der Waals surface area (Å²) in [5, 5.41) is 13.3. The highest BCUT2D eigenvalue weighted by molar-refractivity contribution is 6.34. The van der Waals surface area contributed by atoms with Crippen molar-refractivity contribution in [3.63, 3.8) is 0 Å². The number of nitrogens with two attached hydrogens (primary N) is 1. The van der Waals surface area contributed by atoms with Gasteiger partial charge in [-0.2, -0.15) is 0 Å². The minimum absolute atomic E-state index is 0.308. The van der Waals surface area contributed by atoms with Crippen molar-refractivity contribution >= 4 is 34.7 Å². The fourth-order valence-corrected chi connectivity index (χ4v) is 4.63. The van der Waals surface area contributed by atoms with E-state index in [9.17, 15) is 5.11 Å². The van der Waals surface area contributed by atoms with E-state index in [4.69, 9.17) is 10.7 Å². The fourth-order valence-electron chi connectivity index (χ4n) is 4.63. The average Bonchev–Trinajstić information content (AvgIpc) is 2.88. The number of hydrogen-bond donors (Lipinski definition) is 3. The van der Waals surface area contributed by atoms with Crippen molar-refractivity contribution < 1.29 is 9.50 Å². The Morgan fingerprint density at radius 1 is 1.14 bits per heavy atom. The maximum atomic E-state index is 15.3. The van der Waals surface area contributed by atoms with Gasteiger partial charge in [0.1, 0.15) is 5.82 Å². The molecular formula is C29H35FN6O. The van der Waals surface area contributed by atoms with Gasteiger partial charge in [0.05, 0.1) is 29.0 Å². The van der Waals surface area contributed by atoms with Crippen molar-refractivity contribution in [2.24, 2.45) is 15.7 Å². The maximum Gasteiger partial charge on any atom is 0.148 e. The quantitative estimate of drug-likeness (QED) is 0.387. The van der Waals surface area contributed by atoms with Gasteiger partial charge in [0, 0.05) is 68.9 Å². The summed E-state index contributed by atoms with van der Waals surface area (Å²) in [6.45, 7) is 7.16. The first-order chi connectivity index (χ1) is 17.8. The number of hydrogen-bond acceptors (Lipinski definition) is 6. The topological polar surface area (TPSA) is 89.5 Å². The van der Waals surface area contributed by atoms with E-state index in [1.807, 2.05) is 74.4 Å². The summed E-state index contributed by atoms with van der Waals surface area (Å²) >= 11 is 0. The lowest BCUT2D eigenvalue weighted by Crippen LogP contribution is -2.50. The van der Waals surface area contributed by atoms with E-state index >= 15 is 4.39 Å². The molecule has 37 heavy (non-hydrogen) atoms. The molecule has 1 fully saturated rings. The molecule has 0 radical (unpaired) electrons. The van der Waals surface area contributed by atoms with E-state index in [1.54, 1.807) is 12.3 Å². The molecule has 4 rings (SSSR count). The van der Waals surface area contributed by atoms with Crippen LogP contribution in [-0.2, 0) is 0 Å². The molecule has 2 aromatic carbocycles. The number of β-amino-alcohol motifs (C(OH)–C–C–N with tert-alkyl or cyclic N) is 1. The zero-order valence-electron chi connectivity index (χ0n) is 21.7. The van der Waals surface area contributed by atoms with Crippen molar-refractivity contribution in [1.29, 1.82) is 0 Å². The zero-order chi connectivity index (χ0) is 26.4. The third-order valence-corrected chi connectivity index (χ3v) is 6.32. The van der Waals surface area contributed by atoms with E-state index in [0.717, 1.165) is 35.5 Å². The summed E-state index contributed by atoms with van der Waals surface area (Å²) in [5.41, 5.74) is 10.2. The summed E-state index contributed by atoms with van der Waals surface area (Å²) in [6.07, 6.45) is 8.74. The van der Waals surface area contributed by atoms with Crippen molar-refractivity contribution in [1.82, 2.24) is 4.90 Å². The lowest BCUT2D eigenvalue weighted by atomic mass is 9.91. The number of allylic oxidation sites excluding steroid dienone is 5. The molecule has 1 saturated heterocycles. The van der Waals surface area contributed by atoms with Crippen LogP contribution in [0.5, 0.6) is 0 Å². The number of aliphatic imine (C=N–C) groups is 2. The molecule has 0 saturated carbocycles. The largest absolute Gasteiger partial charge is 0.390 e. The molecule has 0 unspecified atom stereocenters. The van der Waals surface area contributed by atoms with Crippen LogP contribution in [0.4, 0.5) is 21.5 Å². The van der Waals surface area contributed by atoms with Crippen LogP contribution in [0.15, 0.2) is 82.5 Å². The van der Waals surface area contributed by atoms with Gasteiger partial charge in [-0.25, -0.2) is 14.4 Å². The second kappa shape index (κ2) is 11.5. The molecule has 2 aliphatic rings. The van der Waals surface area contributed by atoms with Gasteiger partial charge in [-0.1, -0.05) is 30.4 Å². The van der Waals surface area contributed by atoms with Crippen LogP contribution >= 0.6 is 0 Å². The van der Waals surface area contributed by atoms with Gasteiger partial charge in [0.25, 0.3) is 0 Å². The van der Waals surface area contributed by atoms with Crippen LogP contribution in [0.3, 0.4) is 0 Å². The molecule has 0 amide bonds. The van der Waals surface area contributed by atoms with Crippen molar-refractivity contribution in [2.75, 3.05) is 50.0 Å². The van der Waals surface area contributed by atoms with E-state index < -0.39 is 5.60 Å². The Labute approximate surface area is 218 Å². The van der Waals surface area contributed by atoms with Gasteiger partial charge in [-0.3, -0.25) is 4.90 Å². The Hall–Kier alpha value is -3.75. The van der Waals surface area contributed by atoms with Crippen molar-refractivity contribution in [2.45, 2.75) is 19.4 Å². The minimum atomic E-state index is -0.743. The number of nitrogens with zero attached hydrogens (tertiary/aromatic N) is 4. The summed E-state index contributed by atoms with van der Waals surface area (Å²) in [4.78, 5) is 13.2. The van der Waals surface area contributed by atoms with Crippen molar-refractivity contribution in [3.05, 3.63) is 83.8 Å². The van der Waals surface area contributed by atoms with Crippen molar-refractivity contribution in [3.8, 4) is 0 Å². The normalized spacial score (nSPS) is 19.2. The lowest BCUT2D eigenvalue weighted by Gasteiger charge is -2.38. The van der Waals surface area contributed by atoms with Crippen LogP contribution in [0.2, 0.25) is 0 Å². The first-order valence-corrected chi connectivity index (χ1v) is 12.5. The summed E-state index contributed by atoms with van der Waals surface area (Å²) in [5.74, 6) is -0.308. The van der Waals surface area contributed by atoms with E-state index in [-0.39, 0.29) is 5.82 Å². The molecule has 1 aliphatic heterocycles. The summed E-state index contributed by atoms with van der Waals surface area (Å²) in [6, 6.07) is 13.2. The van der Waals surface area contributed by atoms with Gasteiger partial charge >= 0.3 is 0 Å². The Morgan fingerprint density at radius 3 is 2.59 bits per heavy atom. The van der Waals surface area contributed by atoms with E-state index in [0.29, 0.717) is 36.7 Å². The van der Waals surface area contributed by atoms with E-state index in [2.05, 4.69) is 15.2 Å². The Balaban J connectivity index is 1.61. The third kappa shape index (κ3) is 6.72. The average molecular weight is 503 g/mol. The molecule has 0 aromatic heterocycles. The fraction of sp³-hybridized carbons (Fsp3) is 0.310. The maximum absolute atomic E-state index is 15.3. The molecule has 0 spiro atoms. The van der Waals surface area contributed by atoms with Gasteiger partial charge in [-0.05, 0) is 43.7 Å². The second-order valence-corrected chi connectivity index (χ2v) is 9.82. The summed E-state index contributed by atoms with van der Waals surface area (Å²) < 4.78 is 15.3. The second-order valence-electron chi connectivity index (χ2n) is 9.82. The molecule has 8 heteroatoms. The van der Waals surface area contributed by atoms with Gasteiger partial charge in [-0.15, -0.1) is 0 Å². The number of halogens is 1. The predicted octanol–water partition coefficient (Wildman–Crippen LogP) is 4.36. The third-order valence-electron chi connectivity index (χ3n) is 6.32. The molecule has 194 valence electrons. The number of benzene rings is 2. The minimum Gasteiger partial charge on any atom is -0.390 e. The molecule has 0 atom stereocenters. The first kappa shape index (κ1) is 26.3. The van der Waals surface area contributed by atoms with Crippen LogP contribution in [0, 0.1) is 5.82 Å².